The van der Waals surface area contributed by atoms with Gasteiger partial charge in [0.05, 0.1) is 21.3 Å². The van der Waals surface area contributed by atoms with Crippen LogP contribution in [0.25, 0.3) is 0 Å². The van der Waals surface area contributed by atoms with Gasteiger partial charge in [-0.25, -0.2) is 4.79 Å². The summed E-state index contributed by atoms with van der Waals surface area (Å²) in [5, 5.41) is 0. The minimum Gasteiger partial charge on any atom is -0.454 e. The van der Waals surface area contributed by atoms with Crippen LogP contribution in [0.4, 0.5) is 0 Å². The predicted octanol–water partition coefficient (Wildman–Crippen LogP) is 4.77. The van der Waals surface area contributed by atoms with Gasteiger partial charge < -0.3 is 9.30 Å². The Kier molecular flexibility index (Phi) is 7.43. The minimum atomic E-state index is -1.31. The monoisotopic (exact) mass is 427 g/mol. The van der Waals surface area contributed by atoms with Gasteiger partial charge in [0.25, 0.3) is 0 Å². The number of hydrogen-bond acceptors (Lipinski definition) is 4. The standard InChI is InChI=1S/C24H29NO4S/c1-17-15-21(18(2)25(17)14-13-19-9-5-4-6-10-19)22(26)16-29-24(27)20-11-7-8-12-23(20)30(3)28/h7-9,11-12,15H,4-6,10,13-14,16H2,1-3H3/t30-/m0/s1. The van der Waals surface area contributed by atoms with Gasteiger partial charge >= 0.3 is 5.97 Å². The Morgan fingerprint density at radius 3 is 2.60 bits per heavy atom. The summed E-state index contributed by atoms with van der Waals surface area (Å²) >= 11 is 0. The van der Waals surface area contributed by atoms with E-state index in [1.165, 1.54) is 37.5 Å². The number of ether oxygens (including phenoxy) is 1. The lowest BCUT2D eigenvalue weighted by Gasteiger charge is -2.15. The molecular formula is C24H29NO4S. The molecule has 0 saturated carbocycles. The summed E-state index contributed by atoms with van der Waals surface area (Å²) < 4.78 is 19.2. The van der Waals surface area contributed by atoms with Crippen LogP contribution in [0, 0.1) is 13.8 Å². The number of ketones is 1. The second kappa shape index (κ2) is 10.0. The van der Waals surface area contributed by atoms with E-state index in [-0.39, 0.29) is 18.0 Å². The Labute approximate surface area is 180 Å². The van der Waals surface area contributed by atoms with Crippen molar-refractivity contribution in [3.05, 3.63) is 64.5 Å². The molecule has 1 aliphatic rings. The third kappa shape index (κ3) is 5.17. The lowest BCUT2D eigenvalue weighted by Crippen LogP contribution is -2.16. The topological polar surface area (TPSA) is 65.4 Å². The average molecular weight is 428 g/mol. The molecule has 0 spiro atoms. The van der Waals surface area contributed by atoms with Crippen LogP contribution in [-0.4, -0.2) is 33.4 Å². The number of rotatable bonds is 8. The number of benzene rings is 1. The Morgan fingerprint density at radius 2 is 1.90 bits per heavy atom. The van der Waals surface area contributed by atoms with Crippen LogP contribution in [-0.2, 0) is 22.1 Å². The van der Waals surface area contributed by atoms with Crippen LogP contribution in [0.5, 0.6) is 0 Å². The molecule has 1 heterocycles. The van der Waals surface area contributed by atoms with E-state index in [0.717, 1.165) is 24.4 Å². The predicted molar refractivity (Wildman–Crippen MR) is 118 cm³/mol. The highest BCUT2D eigenvalue weighted by atomic mass is 32.2. The van der Waals surface area contributed by atoms with Crippen LogP contribution in [0.3, 0.4) is 0 Å². The number of carbonyl (C=O) groups is 2. The van der Waals surface area contributed by atoms with Crippen LogP contribution < -0.4 is 0 Å². The third-order valence-electron chi connectivity index (χ3n) is 5.67. The number of aryl methyl sites for hydroxylation is 1. The smallest absolute Gasteiger partial charge is 0.339 e. The van der Waals surface area contributed by atoms with Crippen molar-refractivity contribution in [1.29, 1.82) is 0 Å². The molecule has 160 valence electrons. The number of aromatic nitrogens is 1. The normalized spacial score (nSPS) is 14.8. The number of esters is 1. The summed E-state index contributed by atoms with van der Waals surface area (Å²) in [4.78, 5) is 25.6. The highest BCUT2D eigenvalue weighted by molar-refractivity contribution is 7.84. The highest BCUT2D eigenvalue weighted by Crippen LogP contribution is 2.23. The Bertz CT molecular complexity index is 1000. The molecular weight excluding hydrogens is 398 g/mol. The Morgan fingerprint density at radius 1 is 1.13 bits per heavy atom. The van der Waals surface area contributed by atoms with Gasteiger partial charge in [0, 0.05) is 29.8 Å². The Hall–Kier alpha value is -2.47. The molecule has 0 amide bonds. The summed E-state index contributed by atoms with van der Waals surface area (Å²) in [6, 6.07) is 8.47. The van der Waals surface area contributed by atoms with Crippen molar-refractivity contribution in [2.75, 3.05) is 12.9 Å². The molecule has 0 radical (unpaired) electrons. The first kappa shape index (κ1) is 22.2. The first-order chi connectivity index (χ1) is 14.4. The summed E-state index contributed by atoms with van der Waals surface area (Å²) in [5.41, 5.74) is 4.26. The number of allylic oxidation sites excluding steroid dienone is 2. The van der Waals surface area contributed by atoms with Gasteiger partial charge in [-0.1, -0.05) is 23.8 Å². The van der Waals surface area contributed by atoms with Crippen LogP contribution in [0.1, 0.15) is 64.2 Å². The zero-order valence-corrected chi connectivity index (χ0v) is 18.7. The molecule has 0 N–H and O–H groups in total. The number of hydrogen-bond donors (Lipinski definition) is 0. The fourth-order valence-electron chi connectivity index (χ4n) is 3.99. The minimum absolute atomic E-state index is 0.227. The molecule has 30 heavy (non-hydrogen) atoms. The molecule has 1 aromatic carbocycles. The van der Waals surface area contributed by atoms with E-state index in [1.54, 1.807) is 24.3 Å². The van der Waals surface area contributed by atoms with Crippen LogP contribution in [0.15, 0.2) is 46.9 Å². The molecule has 0 unspecified atom stereocenters. The average Bonchev–Trinajstić information content (AvgIpc) is 3.04. The summed E-state index contributed by atoms with van der Waals surface area (Å²) in [6.07, 6.45) is 9.75. The molecule has 1 aromatic heterocycles. The summed E-state index contributed by atoms with van der Waals surface area (Å²) in [7, 11) is -1.31. The van der Waals surface area contributed by atoms with E-state index >= 15 is 0 Å². The molecule has 0 aliphatic heterocycles. The molecule has 0 saturated heterocycles. The summed E-state index contributed by atoms with van der Waals surface area (Å²) in [5.74, 6) is -0.859. The van der Waals surface area contributed by atoms with Crippen LogP contribution >= 0.6 is 0 Å². The van der Waals surface area contributed by atoms with E-state index in [1.807, 2.05) is 19.9 Å². The molecule has 1 atom stereocenters. The molecule has 2 aromatic rings. The van der Waals surface area contributed by atoms with Crippen molar-refractivity contribution in [2.45, 2.75) is 57.4 Å². The van der Waals surface area contributed by atoms with Gasteiger partial charge in [0.15, 0.2) is 6.61 Å². The molecule has 3 rings (SSSR count). The lowest BCUT2D eigenvalue weighted by atomic mass is 9.97. The molecule has 1 aliphatic carbocycles. The molecule has 5 nitrogen and oxygen atoms in total. The van der Waals surface area contributed by atoms with Gasteiger partial charge in [0.2, 0.25) is 5.78 Å². The van der Waals surface area contributed by atoms with E-state index < -0.39 is 16.8 Å². The van der Waals surface area contributed by atoms with Gasteiger partial charge in [-0.2, -0.15) is 0 Å². The fraction of sp³-hybridized carbons (Fsp3) is 0.417. The maximum atomic E-state index is 12.7. The lowest BCUT2D eigenvalue weighted by molar-refractivity contribution is 0.0471. The van der Waals surface area contributed by atoms with Crippen molar-refractivity contribution in [3.63, 3.8) is 0 Å². The quantitative estimate of drug-likeness (QED) is 0.346. The van der Waals surface area contributed by atoms with Crippen molar-refractivity contribution >= 4 is 22.6 Å². The second-order valence-electron chi connectivity index (χ2n) is 7.74. The van der Waals surface area contributed by atoms with Crippen molar-refractivity contribution < 1.29 is 18.5 Å². The highest BCUT2D eigenvalue weighted by Gasteiger charge is 2.20. The van der Waals surface area contributed by atoms with Crippen molar-refractivity contribution in [1.82, 2.24) is 4.57 Å². The zero-order valence-electron chi connectivity index (χ0n) is 17.9. The number of Topliss-reactive ketones (excluding diaryl/α,β-unsaturated/α-hetero) is 1. The van der Waals surface area contributed by atoms with Gasteiger partial charge in [-0.15, -0.1) is 0 Å². The Balaban J connectivity index is 1.65. The number of carbonyl (C=O) groups excluding carboxylic acids is 2. The fourth-order valence-corrected chi connectivity index (χ4v) is 4.72. The molecule has 0 fully saturated rings. The first-order valence-electron chi connectivity index (χ1n) is 10.4. The first-order valence-corrected chi connectivity index (χ1v) is 11.9. The van der Waals surface area contributed by atoms with E-state index in [4.69, 9.17) is 4.74 Å². The van der Waals surface area contributed by atoms with Crippen molar-refractivity contribution in [3.8, 4) is 0 Å². The maximum Gasteiger partial charge on any atom is 0.339 e. The van der Waals surface area contributed by atoms with E-state index in [0.29, 0.717) is 10.5 Å². The van der Waals surface area contributed by atoms with E-state index in [9.17, 15) is 13.8 Å². The zero-order chi connectivity index (χ0) is 21.7. The van der Waals surface area contributed by atoms with Gasteiger partial charge in [-0.3, -0.25) is 9.00 Å². The summed E-state index contributed by atoms with van der Waals surface area (Å²) in [6.45, 7) is 4.45. The van der Waals surface area contributed by atoms with Gasteiger partial charge in [-0.05, 0) is 64.2 Å². The third-order valence-corrected chi connectivity index (χ3v) is 6.64. The molecule has 0 bridgehead atoms. The maximum absolute atomic E-state index is 12.7. The van der Waals surface area contributed by atoms with E-state index in [2.05, 4.69) is 10.6 Å². The number of nitrogens with zero attached hydrogens (tertiary/aromatic N) is 1. The largest absolute Gasteiger partial charge is 0.454 e. The van der Waals surface area contributed by atoms with Gasteiger partial charge in [0.1, 0.15) is 0 Å². The van der Waals surface area contributed by atoms with Crippen LogP contribution in [0.2, 0.25) is 0 Å². The SMILES string of the molecule is Cc1cc(C(=O)COC(=O)c2ccccc2[S@](C)=O)c(C)n1CCC1=CCCCC1. The van der Waals surface area contributed by atoms with Crippen molar-refractivity contribution in [2.24, 2.45) is 0 Å². The second-order valence-corrected chi connectivity index (χ2v) is 9.09. The molecule has 6 heteroatoms.